The van der Waals surface area contributed by atoms with Gasteiger partial charge in [-0.05, 0) is 19.3 Å². The molecule has 0 bridgehead atoms. The average Bonchev–Trinajstić information content (AvgIpc) is 2.46. The molecule has 0 aromatic carbocycles. The van der Waals surface area contributed by atoms with Crippen molar-refractivity contribution in [2.24, 2.45) is 11.8 Å². The van der Waals surface area contributed by atoms with Crippen LogP contribution in [0.2, 0.25) is 0 Å². The summed E-state index contributed by atoms with van der Waals surface area (Å²) < 4.78 is 5.49. The lowest BCUT2D eigenvalue weighted by Gasteiger charge is -2.16. The van der Waals surface area contributed by atoms with Gasteiger partial charge in [0.1, 0.15) is 0 Å². The van der Waals surface area contributed by atoms with Crippen molar-refractivity contribution < 1.29 is 9.84 Å². The highest BCUT2D eigenvalue weighted by Crippen LogP contribution is 2.39. The molecule has 1 heterocycles. The molecule has 2 nitrogen and oxygen atoms in total. The van der Waals surface area contributed by atoms with Crippen LogP contribution in [-0.4, -0.2) is 24.4 Å². The third-order valence-corrected chi connectivity index (χ3v) is 2.91. The van der Waals surface area contributed by atoms with E-state index in [-0.39, 0.29) is 6.61 Å². The third kappa shape index (κ3) is 1.01. The number of ether oxygens (including phenoxy) is 1. The first-order valence-corrected chi connectivity index (χ1v) is 4.23. The number of fused-ring (bicyclic) bond motifs is 1. The highest BCUT2D eigenvalue weighted by atomic mass is 16.5. The van der Waals surface area contributed by atoms with Gasteiger partial charge in [0.25, 0.3) is 0 Å². The minimum Gasteiger partial charge on any atom is -0.396 e. The first kappa shape index (κ1) is 7.32. The van der Waals surface area contributed by atoms with Gasteiger partial charge in [0.15, 0.2) is 0 Å². The molecule has 11 heavy (non-hydrogen) atoms. The Balaban J connectivity index is 2.16. The van der Waals surface area contributed by atoms with E-state index < -0.39 is 0 Å². The molecule has 1 aliphatic heterocycles. The maximum Gasteiger partial charge on any atom is 0.0794 e. The molecule has 1 aliphatic carbocycles. The van der Waals surface area contributed by atoms with Gasteiger partial charge < -0.3 is 9.84 Å². The summed E-state index contributed by atoms with van der Waals surface area (Å²) in [5.41, 5.74) is 1.31. The van der Waals surface area contributed by atoms with Crippen LogP contribution in [-0.2, 0) is 4.74 Å². The van der Waals surface area contributed by atoms with Gasteiger partial charge in [-0.25, -0.2) is 0 Å². The Bertz CT molecular complexity index is 186. The molecular weight excluding hydrogens is 140 g/mol. The number of aliphatic hydroxyl groups is 1. The zero-order chi connectivity index (χ0) is 7.84. The average molecular weight is 154 g/mol. The summed E-state index contributed by atoms with van der Waals surface area (Å²) in [6.45, 7) is 3.24. The molecule has 62 valence electrons. The quantitative estimate of drug-likeness (QED) is 0.570. The zero-order valence-corrected chi connectivity index (χ0v) is 6.79. The van der Waals surface area contributed by atoms with E-state index >= 15 is 0 Å². The number of rotatable bonds is 1. The van der Waals surface area contributed by atoms with Gasteiger partial charge in [-0.1, -0.05) is 11.6 Å². The molecule has 0 saturated carbocycles. The lowest BCUT2D eigenvalue weighted by molar-refractivity contribution is 0.116. The summed E-state index contributed by atoms with van der Waals surface area (Å²) >= 11 is 0. The van der Waals surface area contributed by atoms with Crippen molar-refractivity contribution in [1.82, 2.24) is 0 Å². The lowest BCUT2D eigenvalue weighted by atomic mass is 9.90. The summed E-state index contributed by atoms with van der Waals surface area (Å²) in [5.74, 6) is 0.947. The smallest absolute Gasteiger partial charge is 0.0794 e. The fourth-order valence-electron chi connectivity index (χ4n) is 2.23. The van der Waals surface area contributed by atoms with Crippen LogP contribution in [0.25, 0.3) is 0 Å². The van der Waals surface area contributed by atoms with E-state index in [4.69, 9.17) is 9.84 Å². The maximum atomic E-state index is 9.09. The highest BCUT2D eigenvalue weighted by Gasteiger charge is 2.38. The van der Waals surface area contributed by atoms with E-state index in [1.165, 1.54) is 5.57 Å². The van der Waals surface area contributed by atoms with Crippen LogP contribution < -0.4 is 0 Å². The standard InChI is InChI=1S/C9H14O2/c1-6-4-9-7(2-3-11-9)8(6)5-10/h4,7-10H,2-3,5H2,1H3/t7-,8-,9+/m1/s1. The molecule has 1 N–H and O–H groups in total. The minimum atomic E-state index is 0.285. The topological polar surface area (TPSA) is 29.5 Å². The minimum absolute atomic E-state index is 0.285. The summed E-state index contributed by atoms with van der Waals surface area (Å²) in [7, 11) is 0. The Labute approximate surface area is 66.9 Å². The van der Waals surface area contributed by atoms with Gasteiger partial charge in [-0.3, -0.25) is 0 Å². The molecule has 2 aliphatic rings. The second-order valence-corrected chi connectivity index (χ2v) is 3.49. The van der Waals surface area contributed by atoms with E-state index in [2.05, 4.69) is 13.0 Å². The Hall–Kier alpha value is -0.340. The molecule has 0 amide bonds. The van der Waals surface area contributed by atoms with Crippen molar-refractivity contribution in [1.29, 1.82) is 0 Å². The molecule has 0 aromatic heterocycles. The van der Waals surface area contributed by atoms with Crippen molar-refractivity contribution >= 4 is 0 Å². The van der Waals surface area contributed by atoms with Gasteiger partial charge in [0.05, 0.1) is 6.10 Å². The van der Waals surface area contributed by atoms with Crippen LogP contribution in [0.3, 0.4) is 0 Å². The Morgan fingerprint density at radius 1 is 1.73 bits per heavy atom. The van der Waals surface area contributed by atoms with Crippen molar-refractivity contribution in [2.75, 3.05) is 13.2 Å². The predicted molar refractivity (Wildman–Crippen MR) is 42.2 cm³/mol. The van der Waals surface area contributed by atoms with E-state index in [0.29, 0.717) is 17.9 Å². The van der Waals surface area contributed by atoms with Gasteiger partial charge >= 0.3 is 0 Å². The van der Waals surface area contributed by atoms with Crippen LogP contribution >= 0.6 is 0 Å². The number of hydrogen-bond acceptors (Lipinski definition) is 2. The molecule has 0 aromatic rings. The molecule has 2 heteroatoms. The third-order valence-electron chi connectivity index (χ3n) is 2.91. The Morgan fingerprint density at radius 2 is 2.55 bits per heavy atom. The van der Waals surface area contributed by atoms with Gasteiger partial charge in [0.2, 0.25) is 0 Å². The van der Waals surface area contributed by atoms with Gasteiger partial charge in [-0.2, -0.15) is 0 Å². The summed E-state index contributed by atoms with van der Waals surface area (Å²) in [6, 6.07) is 0. The van der Waals surface area contributed by atoms with Crippen LogP contribution in [0.4, 0.5) is 0 Å². The molecule has 0 spiro atoms. The molecule has 1 fully saturated rings. The second kappa shape index (κ2) is 2.61. The van der Waals surface area contributed by atoms with Gasteiger partial charge in [-0.15, -0.1) is 0 Å². The number of aliphatic hydroxyl groups excluding tert-OH is 1. The number of hydrogen-bond donors (Lipinski definition) is 1. The van der Waals surface area contributed by atoms with Gasteiger partial charge in [0, 0.05) is 19.1 Å². The first-order chi connectivity index (χ1) is 5.33. The highest BCUT2D eigenvalue weighted by molar-refractivity contribution is 5.19. The molecule has 2 rings (SSSR count). The second-order valence-electron chi connectivity index (χ2n) is 3.49. The normalized spacial score (nSPS) is 42.4. The fraction of sp³-hybridized carbons (Fsp3) is 0.778. The van der Waals surface area contributed by atoms with E-state index in [9.17, 15) is 0 Å². The van der Waals surface area contributed by atoms with Crippen molar-refractivity contribution in [3.05, 3.63) is 11.6 Å². The molecular formula is C9H14O2. The van der Waals surface area contributed by atoms with Crippen molar-refractivity contribution in [2.45, 2.75) is 19.4 Å². The van der Waals surface area contributed by atoms with Crippen LogP contribution in [0.1, 0.15) is 13.3 Å². The largest absolute Gasteiger partial charge is 0.396 e. The fourth-order valence-corrected chi connectivity index (χ4v) is 2.23. The SMILES string of the molecule is CC1=C[C@@H]2OCC[C@@H]2[C@@H]1CO. The molecule has 0 radical (unpaired) electrons. The van der Waals surface area contributed by atoms with Crippen LogP contribution in [0.15, 0.2) is 11.6 Å². The van der Waals surface area contributed by atoms with Crippen LogP contribution in [0.5, 0.6) is 0 Å². The Kier molecular flexibility index (Phi) is 1.74. The first-order valence-electron chi connectivity index (χ1n) is 4.23. The van der Waals surface area contributed by atoms with Crippen molar-refractivity contribution in [3.63, 3.8) is 0 Å². The van der Waals surface area contributed by atoms with Crippen molar-refractivity contribution in [3.8, 4) is 0 Å². The molecule has 3 atom stereocenters. The van der Waals surface area contributed by atoms with E-state index in [0.717, 1.165) is 13.0 Å². The zero-order valence-electron chi connectivity index (χ0n) is 6.79. The molecule has 1 saturated heterocycles. The van der Waals surface area contributed by atoms with Crippen LogP contribution in [0, 0.1) is 11.8 Å². The van der Waals surface area contributed by atoms with E-state index in [1.54, 1.807) is 0 Å². The Morgan fingerprint density at radius 3 is 3.27 bits per heavy atom. The summed E-state index contributed by atoms with van der Waals surface area (Å²) in [6.07, 6.45) is 3.59. The molecule has 0 unspecified atom stereocenters. The predicted octanol–water partition coefficient (Wildman–Crippen LogP) is 0.960. The summed E-state index contributed by atoms with van der Waals surface area (Å²) in [4.78, 5) is 0. The van der Waals surface area contributed by atoms with E-state index in [1.807, 2.05) is 0 Å². The maximum absolute atomic E-state index is 9.09. The lowest BCUT2D eigenvalue weighted by Crippen LogP contribution is -2.18. The summed E-state index contributed by atoms with van der Waals surface area (Å²) in [5, 5.41) is 9.09. The monoisotopic (exact) mass is 154 g/mol.